The van der Waals surface area contributed by atoms with Crippen molar-refractivity contribution in [2.75, 3.05) is 11.9 Å². The van der Waals surface area contributed by atoms with Crippen molar-refractivity contribution >= 4 is 21.7 Å². The van der Waals surface area contributed by atoms with Crippen LogP contribution in [0.4, 0.5) is 5.82 Å². The fourth-order valence-electron chi connectivity index (χ4n) is 1.63. The zero-order valence-electron chi connectivity index (χ0n) is 9.84. The van der Waals surface area contributed by atoms with Gasteiger partial charge in [0.1, 0.15) is 6.07 Å². The van der Waals surface area contributed by atoms with Crippen LogP contribution in [0, 0.1) is 11.3 Å². The van der Waals surface area contributed by atoms with Crippen molar-refractivity contribution in [2.45, 2.75) is 6.54 Å². The molecule has 0 spiro atoms. The van der Waals surface area contributed by atoms with E-state index in [1.165, 1.54) is 6.20 Å². The molecule has 0 atom stereocenters. The summed E-state index contributed by atoms with van der Waals surface area (Å²) in [6.45, 7) is 0.681. The summed E-state index contributed by atoms with van der Waals surface area (Å²) in [4.78, 5) is 10.1. The summed E-state index contributed by atoms with van der Waals surface area (Å²) in [6, 6.07) is 10.1. The van der Waals surface area contributed by atoms with Gasteiger partial charge in [-0.05, 0) is 17.7 Å². The average molecular weight is 303 g/mol. The van der Waals surface area contributed by atoms with Gasteiger partial charge in [-0.25, -0.2) is 9.97 Å². The van der Waals surface area contributed by atoms with Crippen LogP contribution in [0.1, 0.15) is 11.3 Å². The van der Waals surface area contributed by atoms with Gasteiger partial charge >= 0.3 is 0 Å². The number of anilines is 1. The highest BCUT2D eigenvalue weighted by molar-refractivity contribution is 9.10. The van der Waals surface area contributed by atoms with E-state index < -0.39 is 0 Å². The van der Waals surface area contributed by atoms with Crippen LogP contribution in [0.3, 0.4) is 0 Å². The van der Waals surface area contributed by atoms with Crippen molar-refractivity contribution in [2.24, 2.45) is 0 Å². The van der Waals surface area contributed by atoms with Crippen molar-refractivity contribution in [3.05, 3.63) is 52.4 Å². The van der Waals surface area contributed by atoms with Crippen LogP contribution < -0.4 is 4.90 Å². The van der Waals surface area contributed by atoms with Gasteiger partial charge in [0.05, 0.1) is 0 Å². The minimum absolute atomic E-state index is 0.345. The molecule has 0 saturated heterocycles. The van der Waals surface area contributed by atoms with Gasteiger partial charge in [0.2, 0.25) is 0 Å². The first-order valence-electron chi connectivity index (χ1n) is 5.37. The highest BCUT2D eigenvalue weighted by atomic mass is 79.9. The van der Waals surface area contributed by atoms with Crippen molar-refractivity contribution < 1.29 is 0 Å². The summed E-state index contributed by atoms with van der Waals surface area (Å²) in [5.74, 6) is 0.600. The van der Waals surface area contributed by atoms with Gasteiger partial charge in [-0.3, -0.25) is 0 Å². The second-order valence-electron chi connectivity index (χ2n) is 3.82. The minimum atomic E-state index is 0.345. The first-order chi connectivity index (χ1) is 8.70. The lowest BCUT2D eigenvalue weighted by atomic mass is 10.2. The second-order valence-corrected chi connectivity index (χ2v) is 4.74. The third-order valence-corrected chi connectivity index (χ3v) is 3.01. The number of rotatable bonds is 3. The van der Waals surface area contributed by atoms with E-state index in [4.69, 9.17) is 5.26 Å². The van der Waals surface area contributed by atoms with E-state index in [-0.39, 0.29) is 0 Å². The molecule has 4 nitrogen and oxygen atoms in total. The molecule has 5 heteroatoms. The lowest BCUT2D eigenvalue weighted by molar-refractivity contribution is 0.885. The molecule has 2 rings (SSSR count). The van der Waals surface area contributed by atoms with E-state index in [1.807, 2.05) is 42.3 Å². The fraction of sp³-hybridized carbons (Fsp3) is 0.154. The minimum Gasteiger partial charge on any atom is -0.353 e. The standard InChI is InChI=1S/C13H11BrN4/c1-18(9-10-2-4-11(14)5-3-10)13-12(8-15)16-6-7-17-13/h2-7H,9H2,1H3. The molecule has 1 aromatic heterocycles. The van der Waals surface area contributed by atoms with Gasteiger partial charge in [-0.2, -0.15) is 5.26 Å². The summed E-state index contributed by atoms with van der Waals surface area (Å²) < 4.78 is 1.05. The molecule has 0 fully saturated rings. The largest absolute Gasteiger partial charge is 0.353 e. The Hall–Kier alpha value is -1.93. The Morgan fingerprint density at radius 1 is 1.22 bits per heavy atom. The van der Waals surface area contributed by atoms with E-state index in [0.29, 0.717) is 18.1 Å². The maximum absolute atomic E-state index is 8.98. The van der Waals surface area contributed by atoms with Crippen LogP contribution in [-0.2, 0) is 6.54 Å². The van der Waals surface area contributed by atoms with Crippen LogP contribution in [0.5, 0.6) is 0 Å². The van der Waals surface area contributed by atoms with Gasteiger partial charge in [-0.1, -0.05) is 28.1 Å². The fourth-order valence-corrected chi connectivity index (χ4v) is 1.89. The number of aromatic nitrogens is 2. The highest BCUT2D eigenvalue weighted by Gasteiger charge is 2.09. The summed E-state index contributed by atoms with van der Waals surface area (Å²) in [7, 11) is 1.90. The molecule has 0 bridgehead atoms. The first-order valence-corrected chi connectivity index (χ1v) is 6.16. The normalized spacial score (nSPS) is 9.83. The Morgan fingerprint density at radius 2 is 1.89 bits per heavy atom. The van der Waals surface area contributed by atoms with Crippen molar-refractivity contribution in [3.8, 4) is 6.07 Å². The smallest absolute Gasteiger partial charge is 0.183 e. The summed E-state index contributed by atoms with van der Waals surface area (Å²) in [5, 5.41) is 8.98. The molecule has 18 heavy (non-hydrogen) atoms. The Labute approximate surface area is 114 Å². The predicted octanol–water partition coefficient (Wildman–Crippen LogP) is 2.75. The van der Waals surface area contributed by atoms with E-state index in [2.05, 4.69) is 25.9 Å². The lowest BCUT2D eigenvalue weighted by Crippen LogP contribution is -2.19. The molecular weight excluding hydrogens is 292 g/mol. The molecule has 0 aliphatic rings. The SMILES string of the molecule is CN(Cc1ccc(Br)cc1)c1nccnc1C#N. The molecule has 0 aliphatic carbocycles. The Bertz CT molecular complexity index is 574. The summed E-state index contributed by atoms with van der Waals surface area (Å²) >= 11 is 3.40. The van der Waals surface area contributed by atoms with E-state index >= 15 is 0 Å². The van der Waals surface area contributed by atoms with Crippen LogP contribution >= 0.6 is 15.9 Å². The van der Waals surface area contributed by atoms with Crippen LogP contribution in [0.15, 0.2) is 41.1 Å². The van der Waals surface area contributed by atoms with Gasteiger partial charge in [0.15, 0.2) is 11.5 Å². The van der Waals surface area contributed by atoms with Crippen LogP contribution in [-0.4, -0.2) is 17.0 Å². The van der Waals surface area contributed by atoms with E-state index in [9.17, 15) is 0 Å². The van der Waals surface area contributed by atoms with Gasteiger partial charge in [0.25, 0.3) is 0 Å². The van der Waals surface area contributed by atoms with Gasteiger partial charge in [0, 0.05) is 30.5 Å². The highest BCUT2D eigenvalue weighted by Crippen LogP contribution is 2.16. The van der Waals surface area contributed by atoms with Crippen LogP contribution in [0.2, 0.25) is 0 Å². The zero-order chi connectivity index (χ0) is 13.0. The second kappa shape index (κ2) is 5.61. The third kappa shape index (κ3) is 2.84. The van der Waals surface area contributed by atoms with Crippen molar-refractivity contribution in [1.29, 1.82) is 5.26 Å². The molecule has 2 aromatic rings. The molecule has 1 aromatic carbocycles. The average Bonchev–Trinajstić information content (AvgIpc) is 2.41. The Morgan fingerprint density at radius 3 is 2.56 bits per heavy atom. The quantitative estimate of drug-likeness (QED) is 0.875. The molecule has 0 aliphatic heterocycles. The lowest BCUT2D eigenvalue weighted by Gasteiger charge is -2.18. The Kier molecular flexibility index (Phi) is 3.90. The van der Waals surface area contributed by atoms with Crippen LogP contribution in [0.25, 0.3) is 0 Å². The summed E-state index contributed by atoms with van der Waals surface area (Å²) in [6.07, 6.45) is 3.11. The molecule has 1 heterocycles. The number of benzene rings is 1. The number of hydrogen-bond acceptors (Lipinski definition) is 4. The number of hydrogen-bond donors (Lipinski definition) is 0. The zero-order valence-corrected chi connectivity index (χ0v) is 11.4. The van der Waals surface area contributed by atoms with Crippen molar-refractivity contribution in [3.63, 3.8) is 0 Å². The molecule has 0 N–H and O–H groups in total. The first kappa shape index (κ1) is 12.5. The molecule has 0 saturated carbocycles. The van der Waals surface area contributed by atoms with Gasteiger partial charge < -0.3 is 4.90 Å². The molecule has 90 valence electrons. The summed E-state index contributed by atoms with van der Waals surface area (Å²) in [5.41, 5.74) is 1.49. The molecule has 0 radical (unpaired) electrons. The maximum atomic E-state index is 8.98. The van der Waals surface area contributed by atoms with Crippen molar-refractivity contribution in [1.82, 2.24) is 9.97 Å². The number of nitriles is 1. The predicted molar refractivity (Wildman–Crippen MR) is 73.0 cm³/mol. The van der Waals surface area contributed by atoms with Gasteiger partial charge in [-0.15, -0.1) is 0 Å². The molecular formula is C13H11BrN4. The third-order valence-electron chi connectivity index (χ3n) is 2.48. The maximum Gasteiger partial charge on any atom is 0.183 e. The topological polar surface area (TPSA) is 52.8 Å². The van der Waals surface area contributed by atoms with E-state index in [0.717, 1.165) is 10.0 Å². The number of nitrogens with zero attached hydrogens (tertiary/aromatic N) is 4. The molecule has 0 amide bonds. The monoisotopic (exact) mass is 302 g/mol. The molecule has 0 unspecified atom stereocenters. The van der Waals surface area contributed by atoms with E-state index in [1.54, 1.807) is 6.20 Å². The Balaban J connectivity index is 2.19. The number of halogens is 1.